The summed E-state index contributed by atoms with van der Waals surface area (Å²) in [7, 11) is 0. The number of nitrogens with one attached hydrogen (secondary N) is 2. The van der Waals surface area contributed by atoms with Crippen LogP contribution in [0.25, 0.3) is 20.8 Å². The van der Waals surface area contributed by atoms with Crippen molar-refractivity contribution in [1.29, 1.82) is 0 Å². The number of urea groups is 1. The van der Waals surface area contributed by atoms with E-state index >= 15 is 0 Å². The fraction of sp³-hybridized carbons (Fsp3) is 0.0476. The van der Waals surface area contributed by atoms with Gasteiger partial charge in [-0.1, -0.05) is 30.3 Å². The number of fused-ring (bicyclic) bond motifs is 1. The molecule has 29 heavy (non-hydrogen) atoms. The average molecular weight is 413 g/mol. The van der Waals surface area contributed by atoms with E-state index in [1.165, 1.54) is 23.5 Å². The average Bonchev–Trinajstić information content (AvgIpc) is 3.12. The summed E-state index contributed by atoms with van der Waals surface area (Å²) in [5.41, 5.74) is 1.47. The molecule has 0 bridgehead atoms. The Morgan fingerprint density at radius 3 is 2.28 bits per heavy atom. The van der Waals surface area contributed by atoms with Gasteiger partial charge in [0.05, 0.1) is 15.8 Å². The summed E-state index contributed by atoms with van der Waals surface area (Å²) in [6.45, 7) is 0. The highest BCUT2D eigenvalue weighted by molar-refractivity contribution is 7.21. The summed E-state index contributed by atoms with van der Waals surface area (Å²) >= 11 is 1.54. The number of thiazole rings is 1. The molecule has 4 nitrogen and oxygen atoms in total. The molecule has 4 rings (SSSR count). The van der Waals surface area contributed by atoms with Crippen molar-refractivity contribution < 1.29 is 18.0 Å². The number of hydrogen-bond donors (Lipinski definition) is 2. The lowest BCUT2D eigenvalue weighted by molar-refractivity contribution is -0.137. The van der Waals surface area contributed by atoms with Gasteiger partial charge in [-0.05, 0) is 42.5 Å². The van der Waals surface area contributed by atoms with E-state index < -0.39 is 17.8 Å². The van der Waals surface area contributed by atoms with Crippen LogP contribution in [0, 0.1) is 0 Å². The van der Waals surface area contributed by atoms with Gasteiger partial charge in [-0.3, -0.25) is 0 Å². The van der Waals surface area contributed by atoms with Crippen LogP contribution in [0.2, 0.25) is 0 Å². The van der Waals surface area contributed by atoms with Crippen molar-refractivity contribution >= 4 is 39.0 Å². The Labute approximate surface area is 168 Å². The van der Waals surface area contributed by atoms with Gasteiger partial charge < -0.3 is 10.6 Å². The zero-order chi connectivity index (χ0) is 20.4. The molecule has 3 aromatic carbocycles. The minimum atomic E-state index is -4.47. The molecule has 1 heterocycles. The van der Waals surface area contributed by atoms with Crippen LogP contribution in [0.1, 0.15) is 5.56 Å². The molecule has 4 aromatic rings. The number of amides is 2. The number of para-hydroxylation sites is 1. The van der Waals surface area contributed by atoms with Crippen molar-refractivity contribution in [1.82, 2.24) is 4.98 Å². The third kappa shape index (κ3) is 4.38. The fourth-order valence-electron chi connectivity index (χ4n) is 2.79. The molecule has 2 N–H and O–H groups in total. The molecule has 0 aliphatic rings. The number of halogens is 3. The smallest absolute Gasteiger partial charge is 0.308 e. The summed E-state index contributed by atoms with van der Waals surface area (Å²) < 4.78 is 39.5. The van der Waals surface area contributed by atoms with Crippen molar-refractivity contribution in [2.75, 3.05) is 10.6 Å². The number of aromatic nitrogens is 1. The van der Waals surface area contributed by atoms with E-state index in [-0.39, 0.29) is 5.69 Å². The minimum Gasteiger partial charge on any atom is -0.308 e. The lowest BCUT2D eigenvalue weighted by Gasteiger charge is -2.11. The maximum Gasteiger partial charge on any atom is 0.416 e. The standard InChI is InChI=1S/C21H14F3N3OS/c22-21(23,24)14-6-4-8-16(12-14)26-20(28)25-15-7-3-5-13(11-15)19-27-17-9-1-2-10-18(17)29-19/h1-12H,(H2,25,26,28). The minimum absolute atomic E-state index is 0.0552. The molecular formula is C21H14F3N3OS. The second kappa shape index (κ2) is 7.56. The van der Waals surface area contributed by atoms with Gasteiger partial charge in [0, 0.05) is 16.9 Å². The van der Waals surface area contributed by atoms with Gasteiger partial charge in [0.1, 0.15) is 5.01 Å². The van der Waals surface area contributed by atoms with Gasteiger partial charge in [0.15, 0.2) is 0 Å². The Bertz CT molecular complexity index is 1150. The van der Waals surface area contributed by atoms with Crippen molar-refractivity contribution in [3.05, 3.63) is 78.4 Å². The highest BCUT2D eigenvalue weighted by Crippen LogP contribution is 2.32. The second-order valence-electron chi connectivity index (χ2n) is 6.23. The van der Waals surface area contributed by atoms with E-state index in [4.69, 9.17) is 0 Å². The molecule has 146 valence electrons. The third-order valence-electron chi connectivity index (χ3n) is 4.11. The predicted molar refractivity (Wildman–Crippen MR) is 109 cm³/mol. The van der Waals surface area contributed by atoms with Crippen LogP contribution >= 0.6 is 11.3 Å². The number of benzene rings is 3. The van der Waals surface area contributed by atoms with Crippen molar-refractivity contribution in [2.45, 2.75) is 6.18 Å². The fourth-order valence-corrected chi connectivity index (χ4v) is 3.75. The number of rotatable bonds is 3. The van der Waals surface area contributed by atoms with Gasteiger partial charge in [0.25, 0.3) is 0 Å². The maximum atomic E-state index is 12.8. The molecule has 0 spiro atoms. The molecule has 0 radical (unpaired) electrons. The number of carbonyl (C=O) groups excluding carboxylic acids is 1. The molecule has 0 fully saturated rings. The monoisotopic (exact) mass is 413 g/mol. The zero-order valence-electron chi connectivity index (χ0n) is 14.8. The second-order valence-corrected chi connectivity index (χ2v) is 7.26. The van der Waals surface area contributed by atoms with Gasteiger partial charge in [0.2, 0.25) is 0 Å². The molecule has 0 aliphatic heterocycles. The first-order chi connectivity index (χ1) is 13.9. The van der Waals surface area contributed by atoms with Crippen molar-refractivity contribution in [3.8, 4) is 10.6 Å². The molecule has 0 saturated heterocycles. The Morgan fingerprint density at radius 1 is 0.862 bits per heavy atom. The summed E-state index contributed by atoms with van der Waals surface area (Å²) in [6, 6.07) is 18.7. The van der Waals surface area contributed by atoms with E-state index in [1.54, 1.807) is 18.2 Å². The number of hydrogen-bond acceptors (Lipinski definition) is 3. The van der Waals surface area contributed by atoms with Crippen molar-refractivity contribution in [3.63, 3.8) is 0 Å². The summed E-state index contributed by atoms with van der Waals surface area (Å²) in [5, 5.41) is 5.87. The number of carbonyl (C=O) groups is 1. The SMILES string of the molecule is O=C(Nc1cccc(-c2nc3ccccc3s2)c1)Nc1cccc(C(F)(F)F)c1. The third-order valence-corrected chi connectivity index (χ3v) is 5.19. The number of alkyl halides is 3. The molecule has 0 saturated carbocycles. The van der Waals surface area contributed by atoms with Gasteiger partial charge >= 0.3 is 12.2 Å². The van der Waals surface area contributed by atoms with Gasteiger partial charge in [-0.2, -0.15) is 13.2 Å². The van der Waals surface area contributed by atoms with E-state index in [2.05, 4.69) is 15.6 Å². The topological polar surface area (TPSA) is 54.0 Å². The van der Waals surface area contributed by atoms with Crippen LogP contribution in [0.3, 0.4) is 0 Å². The maximum absolute atomic E-state index is 12.8. The molecule has 2 amide bonds. The lowest BCUT2D eigenvalue weighted by atomic mass is 10.2. The summed E-state index contributed by atoms with van der Waals surface area (Å²) in [4.78, 5) is 16.8. The Hall–Kier alpha value is -3.39. The van der Waals surface area contributed by atoms with E-state index in [0.717, 1.165) is 32.9 Å². The highest BCUT2D eigenvalue weighted by atomic mass is 32.1. The highest BCUT2D eigenvalue weighted by Gasteiger charge is 2.30. The van der Waals surface area contributed by atoms with Gasteiger partial charge in [-0.15, -0.1) is 11.3 Å². The molecule has 0 unspecified atom stereocenters. The summed E-state index contributed by atoms with van der Waals surface area (Å²) in [6.07, 6.45) is -4.47. The first kappa shape index (κ1) is 18.9. The predicted octanol–water partition coefficient (Wildman–Crippen LogP) is 6.63. The Balaban J connectivity index is 1.50. The summed E-state index contributed by atoms with van der Waals surface area (Å²) in [5.74, 6) is 0. The largest absolute Gasteiger partial charge is 0.416 e. The van der Waals surface area contributed by atoms with Crippen LogP contribution in [-0.2, 0) is 6.18 Å². The number of anilines is 2. The Morgan fingerprint density at radius 2 is 1.55 bits per heavy atom. The first-order valence-corrected chi connectivity index (χ1v) is 9.41. The number of nitrogens with zero attached hydrogens (tertiary/aromatic N) is 1. The molecular weight excluding hydrogens is 399 g/mol. The molecule has 0 aliphatic carbocycles. The van der Waals surface area contributed by atoms with Gasteiger partial charge in [-0.25, -0.2) is 9.78 Å². The zero-order valence-corrected chi connectivity index (χ0v) is 15.6. The van der Waals surface area contributed by atoms with E-state index in [1.807, 2.05) is 30.3 Å². The van der Waals surface area contributed by atoms with E-state index in [9.17, 15) is 18.0 Å². The van der Waals surface area contributed by atoms with Crippen LogP contribution < -0.4 is 10.6 Å². The first-order valence-electron chi connectivity index (χ1n) is 8.60. The van der Waals surface area contributed by atoms with Crippen LogP contribution in [0.4, 0.5) is 29.3 Å². The Kier molecular flexibility index (Phi) is 4.94. The van der Waals surface area contributed by atoms with Crippen LogP contribution in [0.15, 0.2) is 72.8 Å². The van der Waals surface area contributed by atoms with Crippen molar-refractivity contribution in [2.24, 2.45) is 0 Å². The van der Waals surface area contributed by atoms with Crippen LogP contribution in [-0.4, -0.2) is 11.0 Å². The quantitative estimate of drug-likeness (QED) is 0.396. The normalized spacial score (nSPS) is 11.4. The molecule has 8 heteroatoms. The molecule has 1 aromatic heterocycles. The molecule has 0 atom stereocenters. The lowest BCUT2D eigenvalue weighted by Crippen LogP contribution is -2.19. The van der Waals surface area contributed by atoms with Crippen LogP contribution in [0.5, 0.6) is 0 Å². The van der Waals surface area contributed by atoms with E-state index in [0.29, 0.717) is 5.69 Å².